The number of rotatable bonds is 9. The summed E-state index contributed by atoms with van der Waals surface area (Å²) >= 11 is 0. The van der Waals surface area contributed by atoms with Crippen molar-refractivity contribution in [2.24, 2.45) is 0 Å². The van der Waals surface area contributed by atoms with Gasteiger partial charge in [0.15, 0.2) is 11.5 Å². The monoisotopic (exact) mass is 466 g/mol. The Morgan fingerprint density at radius 2 is 1.62 bits per heavy atom. The van der Waals surface area contributed by atoms with Crippen LogP contribution in [0.5, 0.6) is 17.2 Å². The Labute approximate surface area is 187 Å². The maximum absolute atomic E-state index is 13.0. The molecule has 1 aliphatic heterocycles. The first kappa shape index (κ1) is 23.8. The minimum Gasteiger partial charge on any atom is -0.494 e. The van der Waals surface area contributed by atoms with Crippen LogP contribution in [0.1, 0.15) is 12.8 Å². The second-order valence-corrected chi connectivity index (χ2v) is 9.15. The van der Waals surface area contributed by atoms with Crippen LogP contribution < -0.4 is 14.2 Å². The van der Waals surface area contributed by atoms with Gasteiger partial charge in [0.25, 0.3) is 0 Å². The van der Waals surface area contributed by atoms with Crippen molar-refractivity contribution in [3.8, 4) is 17.2 Å². The molecule has 32 heavy (non-hydrogen) atoms. The average Bonchev–Trinajstić information content (AvgIpc) is 2.82. The first-order valence-corrected chi connectivity index (χ1v) is 11.7. The quantitative estimate of drug-likeness (QED) is 0.528. The van der Waals surface area contributed by atoms with Crippen molar-refractivity contribution in [2.75, 3.05) is 47.0 Å². The Hall–Kier alpha value is -2.85. The van der Waals surface area contributed by atoms with Crippen molar-refractivity contribution < 1.29 is 31.8 Å². The number of benzene rings is 2. The highest BCUT2D eigenvalue weighted by Crippen LogP contribution is 2.31. The predicted molar refractivity (Wildman–Crippen MR) is 116 cm³/mol. The second kappa shape index (κ2) is 10.6. The molecule has 3 rings (SSSR count). The molecule has 1 aliphatic rings. The van der Waals surface area contributed by atoms with E-state index < -0.39 is 10.0 Å². The molecule has 0 bridgehead atoms. The summed E-state index contributed by atoms with van der Waals surface area (Å²) in [7, 11) is -0.779. The molecule has 0 atom stereocenters. The van der Waals surface area contributed by atoms with Crippen molar-refractivity contribution in [1.82, 2.24) is 9.21 Å². The molecule has 1 amide bonds. The fourth-order valence-corrected chi connectivity index (χ4v) is 4.84. The summed E-state index contributed by atoms with van der Waals surface area (Å²) in [5.74, 6) is 0.957. The summed E-state index contributed by atoms with van der Waals surface area (Å²) in [5, 5.41) is 0. The number of amides is 1. The van der Waals surface area contributed by atoms with Gasteiger partial charge in [-0.1, -0.05) is 0 Å². The molecule has 0 saturated carbocycles. The largest absolute Gasteiger partial charge is 0.494 e. The fraction of sp³-hybridized carbons (Fsp3) is 0.409. The number of nitrogens with zero attached hydrogens (tertiary/aromatic N) is 2. The molecule has 1 heterocycles. The number of ether oxygens (including phenoxy) is 3. The van der Waals surface area contributed by atoms with Gasteiger partial charge in [-0.25, -0.2) is 12.8 Å². The minimum absolute atomic E-state index is 0.0455. The van der Waals surface area contributed by atoms with E-state index >= 15 is 0 Å². The third kappa shape index (κ3) is 5.68. The molecule has 8 nitrogen and oxygen atoms in total. The van der Waals surface area contributed by atoms with Crippen LogP contribution in [-0.4, -0.2) is 70.5 Å². The molecule has 0 aliphatic carbocycles. The van der Waals surface area contributed by atoms with Crippen molar-refractivity contribution in [3.05, 3.63) is 48.3 Å². The second-order valence-electron chi connectivity index (χ2n) is 7.21. The lowest BCUT2D eigenvalue weighted by Gasteiger charge is -2.34. The van der Waals surface area contributed by atoms with Gasteiger partial charge in [-0.05, 0) is 42.8 Å². The van der Waals surface area contributed by atoms with Gasteiger partial charge in [-0.15, -0.1) is 0 Å². The molecule has 2 aromatic rings. The van der Waals surface area contributed by atoms with E-state index in [2.05, 4.69) is 0 Å². The zero-order chi connectivity index (χ0) is 23.1. The zero-order valence-electron chi connectivity index (χ0n) is 18.1. The number of carbonyl (C=O) groups is 1. The average molecular weight is 467 g/mol. The number of sulfonamides is 1. The maximum atomic E-state index is 13.0. The van der Waals surface area contributed by atoms with Crippen molar-refractivity contribution in [3.63, 3.8) is 0 Å². The van der Waals surface area contributed by atoms with E-state index in [0.29, 0.717) is 49.8 Å². The Morgan fingerprint density at radius 3 is 2.25 bits per heavy atom. The molecule has 2 aromatic carbocycles. The number of halogens is 1. The summed E-state index contributed by atoms with van der Waals surface area (Å²) in [6.07, 6.45) is 0.810. The molecule has 0 spiro atoms. The third-order valence-corrected chi connectivity index (χ3v) is 7.10. The van der Waals surface area contributed by atoms with Crippen LogP contribution in [0.15, 0.2) is 47.4 Å². The molecule has 1 fully saturated rings. The zero-order valence-corrected chi connectivity index (χ0v) is 18.9. The van der Waals surface area contributed by atoms with E-state index in [9.17, 15) is 17.6 Å². The Bertz CT molecular complexity index is 1020. The van der Waals surface area contributed by atoms with E-state index in [-0.39, 0.29) is 29.7 Å². The van der Waals surface area contributed by atoms with Gasteiger partial charge >= 0.3 is 0 Å². The molecule has 10 heteroatoms. The summed E-state index contributed by atoms with van der Waals surface area (Å²) in [5.41, 5.74) is 0. The van der Waals surface area contributed by atoms with Gasteiger partial charge in [0.05, 0.1) is 25.7 Å². The number of piperazine rings is 1. The first-order valence-electron chi connectivity index (χ1n) is 10.2. The van der Waals surface area contributed by atoms with Crippen molar-refractivity contribution in [1.29, 1.82) is 0 Å². The van der Waals surface area contributed by atoms with Crippen LogP contribution in [0, 0.1) is 5.82 Å². The van der Waals surface area contributed by atoms with Gasteiger partial charge in [0, 0.05) is 38.7 Å². The van der Waals surface area contributed by atoms with Crippen LogP contribution in [0.2, 0.25) is 0 Å². The number of methoxy groups -OCH3 is 2. The van der Waals surface area contributed by atoms with Crippen LogP contribution >= 0.6 is 0 Å². The van der Waals surface area contributed by atoms with Gasteiger partial charge in [-0.3, -0.25) is 4.79 Å². The topological polar surface area (TPSA) is 85.4 Å². The highest BCUT2D eigenvalue weighted by Gasteiger charge is 2.30. The summed E-state index contributed by atoms with van der Waals surface area (Å²) < 4.78 is 56.1. The summed E-state index contributed by atoms with van der Waals surface area (Å²) in [6.45, 7) is 1.42. The molecule has 0 unspecified atom stereocenters. The standard InChI is InChI=1S/C22H27FN2O6S/c1-29-20-10-9-19(16-21(20)30-2)32(27,28)25-13-11-24(12-14-25)22(26)4-3-15-31-18-7-5-17(23)6-8-18/h5-10,16H,3-4,11-15H2,1-2H3. The lowest BCUT2D eigenvalue weighted by Crippen LogP contribution is -2.50. The van der Waals surface area contributed by atoms with Crippen LogP contribution in [0.3, 0.4) is 0 Å². The molecular weight excluding hydrogens is 439 g/mol. The first-order chi connectivity index (χ1) is 15.3. The van der Waals surface area contributed by atoms with E-state index in [0.717, 1.165) is 0 Å². The number of hydrogen-bond acceptors (Lipinski definition) is 6. The molecule has 0 aromatic heterocycles. The van der Waals surface area contributed by atoms with E-state index in [1.807, 2.05) is 0 Å². The molecular formula is C22H27FN2O6S. The third-order valence-electron chi connectivity index (χ3n) is 5.20. The summed E-state index contributed by atoms with van der Waals surface area (Å²) in [4.78, 5) is 14.2. The van der Waals surface area contributed by atoms with Crippen molar-refractivity contribution >= 4 is 15.9 Å². The molecule has 1 saturated heterocycles. The van der Waals surface area contributed by atoms with Crippen molar-refractivity contribution in [2.45, 2.75) is 17.7 Å². The molecule has 174 valence electrons. The lowest BCUT2D eigenvalue weighted by atomic mass is 10.2. The van der Waals surface area contributed by atoms with E-state index in [1.54, 1.807) is 11.0 Å². The van der Waals surface area contributed by atoms with Gasteiger partial charge in [-0.2, -0.15) is 4.31 Å². The van der Waals surface area contributed by atoms with Crippen LogP contribution in [0.4, 0.5) is 4.39 Å². The Morgan fingerprint density at radius 1 is 0.969 bits per heavy atom. The van der Waals surface area contributed by atoms with Gasteiger partial charge in [0.1, 0.15) is 11.6 Å². The Balaban J connectivity index is 1.48. The fourth-order valence-electron chi connectivity index (χ4n) is 3.41. The van der Waals surface area contributed by atoms with Gasteiger partial charge < -0.3 is 19.1 Å². The van der Waals surface area contributed by atoms with Gasteiger partial charge in [0.2, 0.25) is 15.9 Å². The van der Waals surface area contributed by atoms with Crippen LogP contribution in [-0.2, 0) is 14.8 Å². The Kier molecular flexibility index (Phi) is 7.92. The maximum Gasteiger partial charge on any atom is 0.243 e. The molecule has 0 N–H and O–H groups in total. The van der Waals surface area contributed by atoms with Crippen LogP contribution in [0.25, 0.3) is 0 Å². The number of carbonyl (C=O) groups excluding carboxylic acids is 1. The predicted octanol–water partition coefficient (Wildman–Crippen LogP) is 2.54. The minimum atomic E-state index is -3.71. The summed E-state index contributed by atoms with van der Waals surface area (Å²) in [6, 6.07) is 10.2. The number of hydrogen-bond donors (Lipinski definition) is 0. The highest BCUT2D eigenvalue weighted by molar-refractivity contribution is 7.89. The highest BCUT2D eigenvalue weighted by atomic mass is 32.2. The smallest absolute Gasteiger partial charge is 0.243 e. The normalized spacial score (nSPS) is 14.8. The lowest BCUT2D eigenvalue weighted by molar-refractivity contribution is -0.132. The van der Waals surface area contributed by atoms with E-state index in [4.69, 9.17) is 14.2 Å². The SMILES string of the molecule is COc1ccc(S(=O)(=O)N2CCN(C(=O)CCCOc3ccc(F)cc3)CC2)cc1OC. The molecule has 0 radical (unpaired) electrons. The van der Waals surface area contributed by atoms with E-state index in [1.165, 1.54) is 54.9 Å².